The molecule has 1 amide bonds. The fourth-order valence-corrected chi connectivity index (χ4v) is 2.61. The van der Waals surface area contributed by atoms with Crippen molar-refractivity contribution >= 4 is 62.1 Å². The fraction of sp³-hybridized carbons (Fsp3) is 0. The van der Waals surface area contributed by atoms with Crippen LogP contribution in [0.25, 0.3) is 0 Å². The van der Waals surface area contributed by atoms with E-state index in [-0.39, 0.29) is 21.9 Å². The van der Waals surface area contributed by atoms with Crippen molar-refractivity contribution in [2.75, 3.05) is 5.32 Å². The summed E-state index contributed by atoms with van der Waals surface area (Å²) >= 11 is 16.3. The lowest BCUT2D eigenvalue weighted by molar-refractivity contribution is 0.102. The quantitative estimate of drug-likeness (QED) is 0.835. The average molecular weight is 353 g/mol. The first-order valence-corrected chi connectivity index (χ1v) is 6.72. The number of anilines is 1. The summed E-state index contributed by atoms with van der Waals surface area (Å²) in [6, 6.07) is 1.70. The molecular weight excluding hydrogens is 349 g/mol. The number of halogens is 3. The van der Waals surface area contributed by atoms with E-state index in [2.05, 4.69) is 31.2 Å². The first-order chi connectivity index (χ1) is 8.08. The summed E-state index contributed by atoms with van der Waals surface area (Å²) in [6.07, 6.45) is 1.22. The maximum absolute atomic E-state index is 11.8. The Bertz CT molecular complexity index is 555. The van der Waals surface area contributed by atoms with E-state index in [4.69, 9.17) is 23.2 Å². The minimum atomic E-state index is -0.314. The van der Waals surface area contributed by atoms with Crippen LogP contribution in [0.4, 0.5) is 5.69 Å². The van der Waals surface area contributed by atoms with E-state index >= 15 is 0 Å². The zero-order valence-electron chi connectivity index (χ0n) is 8.08. The van der Waals surface area contributed by atoms with Gasteiger partial charge in [-0.15, -0.1) is 11.3 Å². The maximum Gasteiger partial charge on any atom is 0.256 e. The minimum absolute atomic E-state index is 0.104. The molecule has 0 bridgehead atoms. The predicted molar refractivity (Wildman–Crippen MR) is 72.0 cm³/mol. The molecule has 0 saturated carbocycles. The van der Waals surface area contributed by atoms with E-state index in [9.17, 15) is 4.79 Å². The molecule has 0 aliphatic carbocycles. The molecule has 88 valence electrons. The summed E-state index contributed by atoms with van der Waals surface area (Å²) in [7, 11) is 0. The van der Waals surface area contributed by atoms with E-state index in [1.165, 1.54) is 17.7 Å². The summed E-state index contributed by atoms with van der Waals surface area (Å²) in [4.78, 5) is 19.3. The van der Waals surface area contributed by atoms with Crippen LogP contribution in [0.3, 0.4) is 0 Å². The SMILES string of the molecule is O=C(Nc1c(Cl)ncnc1Cl)c1csc(Br)c1. The zero-order chi connectivity index (χ0) is 12.4. The monoisotopic (exact) mass is 351 g/mol. The van der Waals surface area contributed by atoms with E-state index in [1.54, 1.807) is 11.4 Å². The molecule has 0 fully saturated rings. The summed E-state index contributed by atoms with van der Waals surface area (Å²) in [6.45, 7) is 0. The van der Waals surface area contributed by atoms with Gasteiger partial charge in [0.1, 0.15) is 12.0 Å². The Hall–Kier alpha value is -0.690. The second-order valence-electron chi connectivity index (χ2n) is 2.92. The largest absolute Gasteiger partial charge is 0.317 e. The molecule has 2 aromatic rings. The molecule has 8 heteroatoms. The molecule has 0 saturated heterocycles. The van der Waals surface area contributed by atoms with Crippen LogP contribution in [0.1, 0.15) is 10.4 Å². The summed E-state index contributed by atoms with van der Waals surface area (Å²) in [5.41, 5.74) is 0.723. The fourth-order valence-electron chi connectivity index (χ4n) is 1.06. The van der Waals surface area contributed by atoms with Gasteiger partial charge in [-0.1, -0.05) is 23.2 Å². The van der Waals surface area contributed by atoms with Crippen molar-refractivity contribution < 1.29 is 4.79 Å². The van der Waals surface area contributed by atoms with Gasteiger partial charge in [0.25, 0.3) is 5.91 Å². The van der Waals surface area contributed by atoms with Crippen LogP contribution in [0.15, 0.2) is 21.6 Å². The van der Waals surface area contributed by atoms with Crippen LogP contribution in [-0.4, -0.2) is 15.9 Å². The van der Waals surface area contributed by atoms with Gasteiger partial charge in [-0.05, 0) is 22.0 Å². The average Bonchev–Trinajstić information content (AvgIpc) is 2.70. The van der Waals surface area contributed by atoms with Crippen LogP contribution in [0, 0.1) is 0 Å². The number of aromatic nitrogens is 2. The van der Waals surface area contributed by atoms with E-state index in [0.29, 0.717) is 5.56 Å². The molecule has 17 heavy (non-hydrogen) atoms. The molecular formula is C9H4BrCl2N3OS. The Balaban J connectivity index is 2.24. The predicted octanol–water partition coefficient (Wildman–Crippen LogP) is 3.86. The Kier molecular flexibility index (Phi) is 3.98. The summed E-state index contributed by atoms with van der Waals surface area (Å²) in [5.74, 6) is -0.314. The highest BCUT2D eigenvalue weighted by Gasteiger charge is 2.14. The van der Waals surface area contributed by atoms with Crippen LogP contribution >= 0.6 is 50.5 Å². The molecule has 0 aliphatic rings. The Morgan fingerprint density at radius 2 is 2.00 bits per heavy atom. The lowest BCUT2D eigenvalue weighted by Gasteiger charge is -2.06. The molecule has 4 nitrogen and oxygen atoms in total. The maximum atomic E-state index is 11.8. The molecule has 2 heterocycles. The van der Waals surface area contributed by atoms with Crippen LogP contribution in [-0.2, 0) is 0 Å². The lowest BCUT2D eigenvalue weighted by atomic mass is 10.3. The number of thiophene rings is 1. The topological polar surface area (TPSA) is 54.9 Å². The number of rotatable bonds is 2. The number of nitrogens with one attached hydrogen (secondary N) is 1. The first-order valence-electron chi connectivity index (χ1n) is 4.29. The van der Waals surface area contributed by atoms with Gasteiger partial charge in [0.15, 0.2) is 10.3 Å². The van der Waals surface area contributed by atoms with Gasteiger partial charge >= 0.3 is 0 Å². The third kappa shape index (κ3) is 2.95. The number of hydrogen-bond acceptors (Lipinski definition) is 4. The highest BCUT2D eigenvalue weighted by Crippen LogP contribution is 2.27. The van der Waals surface area contributed by atoms with Crippen molar-refractivity contribution in [1.29, 1.82) is 0 Å². The molecule has 0 aliphatic heterocycles. The first kappa shape index (κ1) is 12.8. The van der Waals surface area contributed by atoms with Crippen molar-refractivity contribution in [3.05, 3.63) is 37.4 Å². The highest BCUT2D eigenvalue weighted by molar-refractivity contribution is 9.11. The summed E-state index contributed by atoms with van der Waals surface area (Å²) < 4.78 is 0.865. The number of amides is 1. The summed E-state index contributed by atoms with van der Waals surface area (Å²) in [5, 5.41) is 4.49. The Morgan fingerprint density at radius 3 is 2.53 bits per heavy atom. The second kappa shape index (κ2) is 5.30. The molecule has 0 spiro atoms. The highest BCUT2D eigenvalue weighted by atomic mass is 79.9. The van der Waals surface area contributed by atoms with E-state index < -0.39 is 0 Å². The second-order valence-corrected chi connectivity index (χ2v) is 5.93. The Labute approximate surface area is 119 Å². The molecule has 0 atom stereocenters. The van der Waals surface area contributed by atoms with Crippen molar-refractivity contribution in [2.45, 2.75) is 0 Å². The van der Waals surface area contributed by atoms with Crippen LogP contribution < -0.4 is 5.32 Å². The minimum Gasteiger partial charge on any atom is -0.317 e. The van der Waals surface area contributed by atoms with Gasteiger partial charge in [0.05, 0.1) is 9.35 Å². The van der Waals surface area contributed by atoms with Crippen molar-refractivity contribution in [3.8, 4) is 0 Å². The normalized spacial score (nSPS) is 10.3. The van der Waals surface area contributed by atoms with Gasteiger partial charge < -0.3 is 5.32 Å². The molecule has 0 aromatic carbocycles. The Morgan fingerprint density at radius 1 is 1.35 bits per heavy atom. The van der Waals surface area contributed by atoms with Gasteiger partial charge in [0.2, 0.25) is 0 Å². The van der Waals surface area contributed by atoms with Gasteiger partial charge in [-0.25, -0.2) is 9.97 Å². The number of carbonyl (C=O) groups excluding carboxylic acids is 1. The van der Waals surface area contributed by atoms with Gasteiger partial charge in [0, 0.05) is 5.38 Å². The van der Waals surface area contributed by atoms with Crippen LogP contribution in [0.5, 0.6) is 0 Å². The number of nitrogens with zero attached hydrogens (tertiary/aromatic N) is 2. The smallest absolute Gasteiger partial charge is 0.256 e. The molecule has 2 rings (SSSR count). The molecule has 1 N–H and O–H groups in total. The van der Waals surface area contributed by atoms with E-state index in [0.717, 1.165) is 3.79 Å². The standard InChI is InChI=1S/C9H4BrCl2N3OS/c10-5-1-4(2-17-5)9(16)15-6-7(11)13-3-14-8(6)12/h1-3H,(H,15,16). The third-order valence-electron chi connectivity index (χ3n) is 1.82. The van der Waals surface area contributed by atoms with E-state index in [1.807, 2.05) is 0 Å². The molecule has 0 radical (unpaired) electrons. The van der Waals surface area contributed by atoms with Gasteiger partial charge in [-0.2, -0.15) is 0 Å². The van der Waals surface area contributed by atoms with Crippen molar-refractivity contribution in [1.82, 2.24) is 9.97 Å². The van der Waals surface area contributed by atoms with Crippen molar-refractivity contribution in [2.24, 2.45) is 0 Å². The number of carbonyl (C=O) groups is 1. The molecule has 0 unspecified atom stereocenters. The van der Waals surface area contributed by atoms with Crippen molar-refractivity contribution in [3.63, 3.8) is 0 Å². The molecule has 2 aromatic heterocycles. The van der Waals surface area contributed by atoms with Gasteiger partial charge in [-0.3, -0.25) is 4.79 Å². The zero-order valence-corrected chi connectivity index (χ0v) is 12.0. The van der Waals surface area contributed by atoms with Crippen LogP contribution in [0.2, 0.25) is 10.3 Å². The lowest BCUT2D eigenvalue weighted by Crippen LogP contribution is -2.12. The number of hydrogen-bond donors (Lipinski definition) is 1. The third-order valence-corrected chi connectivity index (χ3v) is 3.90.